The highest BCUT2D eigenvalue weighted by atomic mass is 16.5. The van der Waals surface area contributed by atoms with Crippen molar-refractivity contribution in [3.05, 3.63) is 42.2 Å². The molecule has 20 heavy (non-hydrogen) atoms. The van der Waals surface area contributed by atoms with Gasteiger partial charge in [0.25, 0.3) is 0 Å². The Morgan fingerprint density at radius 3 is 2.90 bits per heavy atom. The zero-order valence-corrected chi connectivity index (χ0v) is 11.7. The third kappa shape index (κ3) is 3.51. The van der Waals surface area contributed by atoms with E-state index in [0.29, 0.717) is 12.6 Å². The average Bonchev–Trinajstić information content (AvgIpc) is 2.93. The molecule has 0 saturated heterocycles. The summed E-state index contributed by atoms with van der Waals surface area (Å²) in [6.45, 7) is 4.86. The third-order valence-electron chi connectivity index (χ3n) is 2.88. The summed E-state index contributed by atoms with van der Waals surface area (Å²) in [6, 6.07) is 10.0. The first-order valence-corrected chi connectivity index (χ1v) is 6.56. The lowest BCUT2D eigenvalue weighted by Gasteiger charge is -2.10. The number of para-hydroxylation sites is 1. The first kappa shape index (κ1) is 13.9. The van der Waals surface area contributed by atoms with E-state index in [0.717, 1.165) is 17.0 Å². The van der Waals surface area contributed by atoms with Gasteiger partial charge in [-0.15, -0.1) is 0 Å². The molecule has 5 heteroatoms. The zero-order valence-electron chi connectivity index (χ0n) is 11.7. The number of hydrogen-bond acceptors (Lipinski definition) is 4. The molecule has 1 aromatic heterocycles. The Kier molecular flexibility index (Phi) is 4.61. The van der Waals surface area contributed by atoms with E-state index in [4.69, 9.17) is 10.00 Å². The van der Waals surface area contributed by atoms with Crippen LogP contribution in [0.3, 0.4) is 0 Å². The first-order valence-electron chi connectivity index (χ1n) is 6.56. The van der Waals surface area contributed by atoms with Gasteiger partial charge in [-0.3, -0.25) is 4.68 Å². The second-order valence-electron chi connectivity index (χ2n) is 4.71. The van der Waals surface area contributed by atoms with Crippen molar-refractivity contribution in [1.82, 2.24) is 9.78 Å². The zero-order chi connectivity index (χ0) is 14.4. The number of nitriles is 1. The largest absolute Gasteiger partial charge is 0.478 e. The van der Waals surface area contributed by atoms with Crippen molar-refractivity contribution in [3.8, 4) is 11.8 Å². The summed E-state index contributed by atoms with van der Waals surface area (Å²) in [5.41, 5.74) is 1.98. The molecule has 0 atom stereocenters. The van der Waals surface area contributed by atoms with Gasteiger partial charge in [0.2, 0.25) is 0 Å². The Bertz CT molecular complexity index is 598. The molecule has 0 saturated carbocycles. The Balaban J connectivity index is 2.01. The van der Waals surface area contributed by atoms with Crippen LogP contribution in [0.4, 0.5) is 5.69 Å². The Morgan fingerprint density at radius 1 is 1.40 bits per heavy atom. The van der Waals surface area contributed by atoms with Gasteiger partial charge >= 0.3 is 0 Å². The number of ether oxygens (including phenoxy) is 1. The summed E-state index contributed by atoms with van der Waals surface area (Å²) in [5, 5.41) is 16.2. The van der Waals surface area contributed by atoms with Crippen LogP contribution in [0.25, 0.3) is 0 Å². The van der Waals surface area contributed by atoms with E-state index in [1.165, 1.54) is 0 Å². The summed E-state index contributed by atoms with van der Waals surface area (Å²) in [5.74, 6) is 0.734. The summed E-state index contributed by atoms with van der Waals surface area (Å²) in [7, 11) is 0. The van der Waals surface area contributed by atoms with E-state index < -0.39 is 0 Å². The number of rotatable bonds is 6. The van der Waals surface area contributed by atoms with E-state index in [1.807, 2.05) is 41.2 Å². The van der Waals surface area contributed by atoms with Crippen LogP contribution < -0.4 is 10.1 Å². The fourth-order valence-corrected chi connectivity index (χ4v) is 1.81. The minimum atomic E-state index is 0.0578. The smallest absolute Gasteiger partial charge is 0.174 e. The topological polar surface area (TPSA) is 62.9 Å². The third-order valence-corrected chi connectivity index (χ3v) is 2.88. The predicted molar refractivity (Wildman–Crippen MR) is 77.5 cm³/mol. The highest BCUT2D eigenvalue weighted by Gasteiger charge is 2.05. The van der Waals surface area contributed by atoms with Gasteiger partial charge < -0.3 is 10.1 Å². The van der Waals surface area contributed by atoms with Crippen LogP contribution in [0, 0.1) is 11.3 Å². The van der Waals surface area contributed by atoms with E-state index in [2.05, 4.69) is 24.3 Å². The Hall–Kier alpha value is -2.48. The molecule has 0 spiro atoms. The minimum absolute atomic E-state index is 0.0578. The molecular weight excluding hydrogens is 252 g/mol. The Morgan fingerprint density at radius 2 is 2.20 bits per heavy atom. The standard InChI is InChI=1S/C15H18N4O/c1-12(2)19-11-14(10-18-19)17-9-13-5-3-4-6-15(13)20-8-7-16/h3-6,10-12,17H,8-9H2,1-2H3. The molecule has 1 N–H and O–H groups in total. The van der Waals surface area contributed by atoms with Gasteiger partial charge in [0.1, 0.15) is 11.8 Å². The van der Waals surface area contributed by atoms with E-state index in [1.54, 1.807) is 6.20 Å². The maximum atomic E-state index is 8.58. The van der Waals surface area contributed by atoms with Gasteiger partial charge in [-0.1, -0.05) is 18.2 Å². The van der Waals surface area contributed by atoms with Gasteiger partial charge in [-0.25, -0.2) is 0 Å². The van der Waals surface area contributed by atoms with Crippen molar-refractivity contribution >= 4 is 5.69 Å². The lowest BCUT2D eigenvalue weighted by atomic mass is 10.2. The minimum Gasteiger partial charge on any atom is -0.478 e. The fourth-order valence-electron chi connectivity index (χ4n) is 1.81. The monoisotopic (exact) mass is 270 g/mol. The van der Waals surface area contributed by atoms with Crippen molar-refractivity contribution in [3.63, 3.8) is 0 Å². The number of aromatic nitrogens is 2. The lowest BCUT2D eigenvalue weighted by Crippen LogP contribution is -2.03. The Labute approximate surface area is 118 Å². The highest BCUT2D eigenvalue weighted by Crippen LogP contribution is 2.19. The SMILES string of the molecule is CC(C)n1cc(NCc2ccccc2OCC#N)cn1. The highest BCUT2D eigenvalue weighted by molar-refractivity contribution is 5.42. The van der Waals surface area contributed by atoms with Gasteiger partial charge in [-0.2, -0.15) is 10.4 Å². The summed E-state index contributed by atoms with van der Waals surface area (Å²) >= 11 is 0. The number of nitrogens with zero attached hydrogens (tertiary/aromatic N) is 3. The summed E-state index contributed by atoms with van der Waals surface area (Å²) < 4.78 is 7.30. The summed E-state index contributed by atoms with van der Waals surface area (Å²) in [6.07, 6.45) is 3.78. The van der Waals surface area contributed by atoms with Gasteiger partial charge in [0.15, 0.2) is 6.61 Å². The van der Waals surface area contributed by atoms with Gasteiger partial charge in [0.05, 0.1) is 11.9 Å². The molecule has 0 amide bonds. The van der Waals surface area contributed by atoms with Crippen LogP contribution >= 0.6 is 0 Å². The van der Waals surface area contributed by atoms with Crippen LogP contribution in [-0.4, -0.2) is 16.4 Å². The second-order valence-corrected chi connectivity index (χ2v) is 4.71. The van der Waals surface area contributed by atoms with Crippen LogP contribution in [-0.2, 0) is 6.54 Å². The quantitative estimate of drug-likeness (QED) is 0.876. The molecule has 1 heterocycles. The molecule has 0 aliphatic rings. The van der Waals surface area contributed by atoms with Gasteiger partial charge in [0, 0.05) is 24.3 Å². The van der Waals surface area contributed by atoms with Crippen LogP contribution in [0.2, 0.25) is 0 Å². The molecule has 1 aromatic carbocycles. The van der Waals surface area contributed by atoms with E-state index in [9.17, 15) is 0 Å². The molecule has 2 aromatic rings. The molecule has 0 aliphatic heterocycles. The number of nitrogens with one attached hydrogen (secondary N) is 1. The van der Waals surface area contributed by atoms with Crippen molar-refractivity contribution < 1.29 is 4.74 Å². The first-order chi connectivity index (χ1) is 9.70. The number of benzene rings is 1. The second kappa shape index (κ2) is 6.62. The molecule has 104 valence electrons. The fraction of sp³-hybridized carbons (Fsp3) is 0.333. The van der Waals surface area contributed by atoms with Crippen molar-refractivity contribution in [2.45, 2.75) is 26.4 Å². The molecule has 0 aliphatic carbocycles. The molecular formula is C15H18N4O. The molecule has 2 rings (SSSR count). The lowest BCUT2D eigenvalue weighted by molar-refractivity contribution is 0.364. The van der Waals surface area contributed by atoms with Crippen molar-refractivity contribution in [1.29, 1.82) is 5.26 Å². The number of anilines is 1. The molecule has 5 nitrogen and oxygen atoms in total. The van der Waals surface area contributed by atoms with Crippen LogP contribution in [0.5, 0.6) is 5.75 Å². The predicted octanol–water partition coefficient (Wildman–Crippen LogP) is 2.98. The van der Waals surface area contributed by atoms with Crippen molar-refractivity contribution in [2.75, 3.05) is 11.9 Å². The maximum Gasteiger partial charge on any atom is 0.174 e. The van der Waals surface area contributed by atoms with Crippen LogP contribution in [0.15, 0.2) is 36.7 Å². The average molecular weight is 270 g/mol. The molecule has 0 bridgehead atoms. The molecule has 0 radical (unpaired) electrons. The van der Waals surface area contributed by atoms with E-state index >= 15 is 0 Å². The maximum absolute atomic E-state index is 8.58. The number of hydrogen-bond donors (Lipinski definition) is 1. The normalized spacial score (nSPS) is 10.3. The summed E-state index contributed by atoms with van der Waals surface area (Å²) in [4.78, 5) is 0. The molecule has 0 unspecified atom stereocenters. The van der Waals surface area contributed by atoms with E-state index in [-0.39, 0.29) is 6.61 Å². The molecule has 0 fully saturated rings. The van der Waals surface area contributed by atoms with Crippen LogP contribution in [0.1, 0.15) is 25.5 Å². The van der Waals surface area contributed by atoms with Crippen molar-refractivity contribution in [2.24, 2.45) is 0 Å². The van der Waals surface area contributed by atoms with Gasteiger partial charge in [-0.05, 0) is 19.9 Å².